The average Bonchev–Trinajstić information content (AvgIpc) is 2.30. The van der Waals surface area contributed by atoms with Gasteiger partial charge in [-0.05, 0) is 49.4 Å². The number of nitrogen functional groups attached to an aromatic ring is 1. The fourth-order valence-electron chi connectivity index (χ4n) is 1.76. The molecule has 5 heteroatoms. The third-order valence-electron chi connectivity index (χ3n) is 3.34. The van der Waals surface area contributed by atoms with Crippen LogP contribution in [0.25, 0.3) is 0 Å². The highest BCUT2D eigenvalue weighted by Crippen LogP contribution is 2.25. The molecule has 0 aliphatic rings. The standard InChI is InChI=1S/C14H24N2O2S/c1-10(2)6-7-16(5)19(17,18)14-9-12(4)11(3)8-13(14)15/h8-10H,6-7,15H2,1-5H3. The van der Waals surface area contributed by atoms with Gasteiger partial charge in [0, 0.05) is 13.6 Å². The van der Waals surface area contributed by atoms with Gasteiger partial charge >= 0.3 is 0 Å². The van der Waals surface area contributed by atoms with Crippen LogP contribution in [0, 0.1) is 19.8 Å². The summed E-state index contributed by atoms with van der Waals surface area (Å²) in [4.78, 5) is 0.210. The van der Waals surface area contributed by atoms with Crippen LogP contribution in [0.3, 0.4) is 0 Å². The summed E-state index contributed by atoms with van der Waals surface area (Å²) in [7, 11) is -1.89. The third kappa shape index (κ3) is 3.70. The summed E-state index contributed by atoms with van der Waals surface area (Å²) >= 11 is 0. The molecule has 19 heavy (non-hydrogen) atoms. The first-order valence-corrected chi connectivity index (χ1v) is 7.93. The Balaban J connectivity index is 3.10. The van der Waals surface area contributed by atoms with Crippen molar-refractivity contribution in [3.8, 4) is 0 Å². The molecule has 0 radical (unpaired) electrons. The Morgan fingerprint density at radius 3 is 2.26 bits per heavy atom. The van der Waals surface area contributed by atoms with E-state index in [1.54, 1.807) is 19.2 Å². The molecule has 1 aromatic carbocycles. The van der Waals surface area contributed by atoms with Crippen molar-refractivity contribution in [2.45, 2.75) is 39.0 Å². The lowest BCUT2D eigenvalue weighted by Gasteiger charge is -2.20. The second kappa shape index (κ2) is 5.92. The molecule has 0 aliphatic carbocycles. The number of anilines is 1. The lowest BCUT2D eigenvalue weighted by Crippen LogP contribution is -2.29. The predicted molar refractivity (Wildman–Crippen MR) is 79.6 cm³/mol. The van der Waals surface area contributed by atoms with E-state index < -0.39 is 10.0 Å². The molecule has 0 aliphatic heterocycles. The Labute approximate surface area is 116 Å². The van der Waals surface area contributed by atoms with E-state index in [0.29, 0.717) is 18.2 Å². The molecule has 0 fully saturated rings. The summed E-state index contributed by atoms with van der Waals surface area (Å²) in [5.74, 6) is 0.467. The highest BCUT2D eigenvalue weighted by atomic mass is 32.2. The molecule has 0 amide bonds. The molecule has 108 valence electrons. The smallest absolute Gasteiger partial charge is 0.244 e. The monoisotopic (exact) mass is 284 g/mol. The van der Waals surface area contributed by atoms with Crippen molar-refractivity contribution in [3.05, 3.63) is 23.3 Å². The molecule has 0 aromatic heterocycles. The fraction of sp³-hybridized carbons (Fsp3) is 0.571. The maximum absolute atomic E-state index is 12.5. The lowest BCUT2D eigenvalue weighted by atomic mass is 10.1. The lowest BCUT2D eigenvalue weighted by molar-refractivity contribution is 0.428. The zero-order valence-corrected chi connectivity index (χ0v) is 13.2. The van der Waals surface area contributed by atoms with Crippen LogP contribution in [-0.4, -0.2) is 26.3 Å². The van der Waals surface area contributed by atoms with Gasteiger partial charge in [-0.15, -0.1) is 0 Å². The van der Waals surface area contributed by atoms with E-state index in [2.05, 4.69) is 13.8 Å². The number of aryl methyl sites for hydroxylation is 2. The van der Waals surface area contributed by atoms with Gasteiger partial charge in [0.15, 0.2) is 0 Å². The minimum atomic E-state index is -3.50. The molecular weight excluding hydrogens is 260 g/mol. The Bertz CT molecular complexity index is 551. The van der Waals surface area contributed by atoms with Crippen LogP contribution in [0.5, 0.6) is 0 Å². The van der Waals surface area contributed by atoms with Gasteiger partial charge in [-0.25, -0.2) is 12.7 Å². The third-order valence-corrected chi connectivity index (χ3v) is 5.25. The van der Waals surface area contributed by atoms with Gasteiger partial charge in [0.25, 0.3) is 0 Å². The van der Waals surface area contributed by atoms with E-state index in [4.69, 9.17) is 5.73 Å². The topological polar surface area (TPSA) is 63.4 Å². The number of benzene rings is 1. The average molecular weight is 284 g/mol. The van der Waals surface area contributed by atoms with E-state index in [1.807, 2.05) is 13.8 Å². The van der Waals surface area contributed by atoms with Crippen molar-refractivity contribution in [2.24, 2.45) is 5.92 Å². The molecular formula is C14H24N2O2S. The number of sulfonamides is 1. The van der Waals surface area contributed by atoms with Crippen LogP contribution in [-0.2, 0) is 10.0 Å². The summed E-state index contributed by atoms with van der Waals surface area (Å²) in [6.45, 7) is 8.47. The molecule has 0 bridgehead atoms. The molecule has 0 unspecified atom stereocenters. The number of nitrogens with two attached hydrogens (primary N) is 1. The minimum absolute atomic E-state index is 0.210. The summed E-state index contributed by atoms with van der Waals surface area (Å²) in [5.41, 5.74) is 8.12. The van der Waals surface area contributed by atoms with Gasteiger partial charge in [-0.3, -0.25) is 0 Å². The number of hydrogen-bond acceptors (Lipinski definition) is 3. The molecule has 1 rings (SSSR count). The summed E-state index contributed by atoms with van der Waals surface area (Å²) in [6, 6.07) is 3.38. The number of rotatable bonds is 5. The van der Waals surface area contributed by atoms with Gasteiger partial charge in [0.1, 0.15) is 4.90 Å². The van der Waals surface area contributed by atoms with Crippen molar-refractivity contribution >= 4 is 15.7 Å². The van der Waals surface area contributed by atoms with Crippen LogP contribution < -0.4 is 5.73 Å². The van der Waals surface area contributed by atoms with E-state index in [0.717, 1.165) is 17.5 Å². The second-order valence-corrected chi connectivity index (χ2v) is 7.50. The van der Waals surface area contributed by atoms with E-state index in [9.17, 15) is 8.42 Å². The summed E-state index contributed by atoms with van der Waals surface area (Å²) < 4.78 is 26.3. The molecule has 2 N–H and O–H groups in total. The summed E-state index contributed by atoms with van der Waals surface area (Å²) in [6.07, 6.45) is 0.834. The maximum Gasteiger partial charge on any atom is 0.244 e. The van der Waals surface area contributed by atoms with Gasteiger partial charge < -0.3 is 5.73 Å². The van der Waals surface area contributed by atoms with Crippen molar-refractivity contribution < 1.29 is 8.42 Å². The Morgan fingerprint density at radius 2 is 1.74 bits per heavy atom. The number of hydrogen-bond donors (Lipinski definition) is 1. The van der Waals surface area contributed by atoms with E-state index >= 15 is 0 Å². The van der Waals surface area contributed by atoms with Gasteiger partial charge in [-0.2, -0.15) is 0 Å². The molecule has 0 heterocycles. The van der Waals surface area contributed by atoms with E-state index in [-0.39, 0.29) is 4.90 Å². The Morgan fingerprint density at radius 1 is 1.21 bits per heavy atom. The van der Waals surface area contributed by atoms with E-state index in [1.165, 1.54) is 4.31 Å². The molecule has 0 spiro atoms. The molecule has 4 nitrogen and oxygen atoms in total. The quantitative estimate of drug-likeness (QED) is 0.845. The van der Waals surface area contributed by atoms with Crippen molar-refractivity contribution in [3.63, 3.8) is 0 Å². The van der Waals surface area contributed by atoms with Gasteiger partial charge in [0.05, 0.1) is 5.69 Å². The first kappa shape index (κ1) is 16.0. The second-order valence-electron chi connectivity index (χ2n) is 5.48. The van der Waals surface area contributed by atoms with Crippen LogP contribution in [0.15, 0.2) is 17.0 Å². The Kier molecular flexibility index (Phi) is 4.98. The SMILES string of the molecule is Cc1cc(N)c(S(=O)(=O)N(C)CCC(C)C)cc1C. The van der Waals surface area contributed by atoms with Gasteiger partial charge in [0.2, 0.25) is 10.0 Å². The van der Waals surface area contributed by atoms with Crippen molar-refractivity contribution in [2.75, 3.05) is 19.3 Å². The van der Waals surface area contributed by atoms with Crippen molar-refractivity contribution in [1.29, 1.82) is 0 Å². The fourth-order valence-corrected chi connectivity index (χ4v) is 3.13. The van der Waals surface area contributed by atoms with Crippen LogP contribution in [0.4, 0.5) is 5.69 Å². The van der Waals surface area contributed by atoms with Crippen LogP contribution in [0.2, 0.25) is 0 Å². The highest BCUT2D eigenvalue weighted by molar-refractivity contribution is 7.89. The first-order valence-electron chi connectivity index (χ1n) is 6.49. The highest BCUT2D eigenvalue weighted by Gasteiger charge is 2.23. The summed E-state index contributed by atoms with van der Waals surface area (Å²) in [5, 5.41) is 0. The van der Waals surface area contributed by atoms with Crippen LogP contribution in [0.1, 0.15) is 31.4 Å². The zero-order chi connectivity index (χ0) is 14.8. The minimum Gasteiger partial charge on any atom is -0.398 e. The largest absolute Gasteiger partial charge is 0.398 e. The van der Waals surface area contributed by atoms with Gasteiger partial charge in [-0.1, -0.05) is 13.8 Å². The molecule has 0 saturated heterocycles. The maximum atomic E-state index is 12.5. The number of nitrogens with zero attached hydrogens (tertiary/aromatic N) is 1. The molecule has 1 aromatic rings. The molecule has 0 saturated carbocycles. The normalized spacial score (nSPS) is 12.4. The predicted octanol–water partition coefficient (Wildman–Crippen LogP) is 2.55. The van der Waals surface area contributed by atoms with Crippen LogP contribution >= 0.6 is 0 Å². The first-order chi connectivity index (χ1) is 8.66. The van der Waals surface area contributed by atoms with Crippen molar-refractivity contribution in [1.82, 2.24) is 4.31 Å². The Hall–Kier alpha value is -1.07. The zero-order valence-electron chi connectivity index (χ0n) is 12.4. The molecule has 0 atom stereocenters.